The number of hydrogen-bond donors (Lipinski definition) is 2. The van der Waals surface area contributed by atoms with Crippen molar-refractivity contribution in [2.45, 2.75) is 52.1 Å². The molecule has 5 rings (SSSR count). The molecule has 1 aromatic carbocycles. The van der Waals surface area contributed by atoms with Gasteiger partial charge in [0.05, 0.1) is 10.6 Å². The number of thiazole rings is 1. The second kappa shape index (κ2) is 13.3. The van der Waals surface area contributed by atoms with Gasteiger partial charge in [-0.1, -0.05) is 29.5 Å². The molecule has 3 atom stereocenters. The predicted octanol–water partition coefficient (Wildman–Crippen LogP) is 5.82. The minimum absolute atomic E-state index is 0.0408. The largest absolute Gasteiger partial charge is 0.335 e. The van der Waals surface area contributed by atoms with Crippen LogP contribution in [0.4, 0.5) is 14.3 Å². The SMILES string of the molecule is CC(=O)c1sc(NC(=O)N[C@@H]2CCN(Cc3cccs3)C[C@H]2CN2CCCC(Cc3ccc(F)cc3)C2)nc1C. The molecule has 2 fully saturated rings. The van der Waals surface area contributed by atoms with Crippen LogP contribution in [0.2, 0.25) is 0 Å². The summed E-state index contributed by atoms with van der Waals surface area (Å²) in [6.07, 6.45) is 4.18. The number of benzene rings is 1. The van der Waals surface area contributed by atoms with E-state index in [4.69, 9.17) is 0 Å². The molecule has 0 bridgehead atoms. The summed E-state index contributed by atoms with van der Waals surface area (Å²) < 4.78 is 13.4. The number of amides is 2. The first-order chi connectivity index (χ1) is 19.3. The Morgan fingerprint density at radius 3 is 2.65 bits per heavy atom. The van der Waals surface area contributed by atoms with Gasteiger partial charge in [0, 0.05) is 56.5 Å². The maximum Gasteiger partial charge on any atom is 0.321 e. The van der Waals surface area contributed by atoms with E-state index >= 15 is 0 Å². The van der Waals surface area contributed by atoms with Gasteiger partial charge in [-0.25, -0.2) is 14.2 Å². The molecule has 1 unspecified atom stereocenters. The maximum atomic E-state index is 13.4. The molecule has 40 heavy (non-hydrogen) atoms. The molecule has 10 heteroatoms. The van der Waals surface area contributed by atoms with Gasteiger partial charge in [-0.3, -0.25) is 15.0 Å². The molecule has 2 saturated heterocycles. The van der Waals surface area contributed by atoms with E-state index in [1.807, 2.05) is 12.1 Å². The van der Waals surface area contributed by atoms with Crippen molar-refractivity contribution >= 4 is 39.6 Å². The molecule has 214 valence electrons. The summed E-state index contributed by atoms with van der Waals surface area (Å²) >= 11 is 3.01. The molecule has 2 N–H and O–H groups in total. The van der Waals surface area contributed by atoms with E-state index in [0.29, 0.717) is 21.6 Å². The van der Waals surface area contributed by atoms with E-state index in [9.17, 15) is 14.0 Å². The minimum atomic E-state index is -0.265. The van der Waals surface area contributed by atoms with Gasteiger partial charge in [-0.2, -0.15) is 0 Å². The van der Waals surface area contributed by atoms with Crippen molar-refractivity contribution in [1.29, 1.82) is 0 Å². The van der Waals surface area contributed by atoms with Crippen LogP contribution in [0, 0.1) is 24.6 Å². The zero-order valence-electron chi connectivity index (χ0n) is 23.2. The third-order valence-corrected chi connectivity index (χ3v) is 10.00. The van der Waals surface area contributed by atoms with Crippen LogP contribution in [0.5, 0.6) is 0 Å². The minimum Gasteiger partial charge on any atom is -0.335 e. The number of nitrogens with one attached hydrogen (secondary N) is 2. The van der Waals surface area contributed by atoms with E-state index < -0.39 is 0 Å². The molecular weight excluding hydrogens is 545 g/mol. The number of thiophene rings is 1. The highest BCUT2D eigenvalue weighted by Gasteiger charge is 2.33. The Kier molecular flexibility index (Phi) is 9.62. The molecular formula is C30H38FN5O2S2. The molecule has 2 aliphatic rings. The van der Waals surface area contributed by atoms with Gasteiger partial charge < -0.3 is 10.2 Å². The Hall–Kier alpha value is -2.66. The lowest BCUT2D eigenvalue weighted by atomic mass is 9.88. The number of nitrogens with zero attached hydrogens (tertiary/aromatic N) is 3. The molecule has 2 amide bonds. The van der Waals surface area contributed by atoms with Crippen molar-refractivity contribution in [2.24, 2.45) is 11.8 Å². The van der Waals surface area contributed by atoms with Gasteiger partial charge in [0.2, 0.25) is 0 Å². The standard InChI is InChI=1S/C30H38FN5O2S2/c1-20-28(21(2)37)40-30(32-20)34-29(38)33-27-11-13-36(19-26-6-4-14-39-26)18-24(27)17-35-12-3-5-23(16-35)15-22-7-9-25(31)10-8-22/h4,6-10,14,23-24,27H,3,5,11-13,15-19H2,1-2H3,(H2,32,33,34,38)/t23?,24-,27-/m1/s1. The number of aryl methyl sites for hydroxylation is 1. The topological polar surface area (TPSA) is 77.6 Å². The number of rotatable bonds is 9. The summed E-state index contributed by atoms with van der Waals surface area (Å²) in [6.45, 7) is 9.10. The first kappa shape index (κ1) is 28.9. The predicted molar refractivity (Wildman–Crippen MR) is 160 cm³/mol. The summed E-state index contributed by atoms with van der Waals surface area (Å²) in [6, 6.07) is 11.0. The van der Waals surface area contributed by atoms with Crippen LogP contribution >= 0.6 is 22.7 Å². The highest BCUT2D eigenvalue weighted by molar-refractivity contribution is 7.17. The quantitative estimate of drug-likeness (QED) is 0.311. The number of anilines is 1. The number of likely N-dealkylation sites (tertiary alicyclic amines) is 2. The number of aromatic nitrogens is 1. The third kappa shape index (κ3) is 7.75. The van der Waals surface area contributed by atoms with Crippen LogP contribution in [0.3, 0.4) is 0 Å². The van der Waals surface area contributed by atoms with E-state index in [0.717, 1.165) is 58.5 Å². The number of hydrogen-bond acceptors (Lipinski definition) is 7. The zero-order chi connectivity index (χ0) is 28.1. The second-order valence-corrected chi connectivity index (χ2v) is 13.2. The van der Waals surface area contributed by atoms with Crippen LogP contribution in [0.25, 0.3) is 0 Å². The van der Waals surface area contributed by atoms with Gasteiger partial charge in [0.1, 0.15) is 5.82 Å². The number of carbonyl (C=O) groups is 2. The van der Waals surface area contributed by atoms with Gasteiger partial charge >= 0.3 is 6.03 Å². The fourth-order valence-corrected chi connectivity index (χ4v) is 7.70. The van der Waals surface area contributed by atoms with Crippen molar-refractivity contribution in [3.05, 3.63) is 68.6 Å². The number of ketones is 1. The molecule has 0 aliphatic carbocycles. The highest BCUT2D eigenvalue weighted by atomic mass is 32.1. The maximum absolute atomic E-state index is 13.4. The van der Waals surface area contributed by atoms with Crippen molar-refractivity contribution < 1.29 is 14.0 Å². The average molecular weight is 584 g/mol. The van der Waals surface area contributed by atoms with E-state index in [-0.39, 0.29) is 29.6 Å². The lowest BCUT2D eigenvalue weighted by Crippen LogP contribution is -2.55. The summed E-state index contributed by atoms with van der Waals surface area (Å²) in [7, 11) is 0. The lowest BCUT2D eigenvalue weighted by molar-refractivity contribution is 0.0823. The summed E-state index contributed by atoms with van der Waals surface area (Å²) in [4.78, 5) is 36.2. The van der Waals surface area contributed by atoms with Crippen LogP contribution in [-0.4, -0.2) is 65.4 Å². The summed E-state index contributed by atoms with van der Waals surface area (Å²) in [5, 5.41) is 8.69. The number of Topliss-reactive ketones (excluding diaryl/α,β-unsaturated/α-hetero) is 1. The van der Waals surface area contributed by atoms with Crippen LogP contribution in [0.15, 0.2) is 41.8 Å². The average Bonchev–Trinajstić information content (AvgIpc) is 3.56. The van der Waals surface area contributed by atoms with Gasteiger partial charge in [0.15, 0.2) is 10.9 Å². The number of piperidine rings is 2. The Labute approximate surface area is 243 Å². The second-order valence-electron chi connectivity index (χ2n) is 11.2. The molecule has 0 radical (unpaired) electrons. The van der Waals surface area contributed by atoms with Crippen molar-refractivity contribution in [2.75, 3.05) is 38.0 Å². The fourth-order valence-electron chi connectivity index (χ4n) is 6.10. The fraction of sp³-hybridized carbons (Fsp3) is 0.500. The Morgan fingerprint density at radius 2 is 1.93 bits per heavy atom. The summed E-state index contributed by atoms with van der Waals surface area (Å²) in [5.41, 5.74) is 1.84. The first-order valence-electron chi connectivity index (χ1n) is 14.1. The smallest absolute Gasteiger partial charge is 0.321 e. The molecule has 2 aliphatic heterocycles. The van der Waals surface area contributed by atoms with Gasteiger partial charge in [0.25, 0.3) is 0 Å². The Morgan fingerprint density at radius 1 is 1.10 bits per heavy atom. The number of carbonyl (C=O) groups excluding carboxylic acids is 2. The molecule has 0 saturated carbocycles. The monoisotopic (exact) mass is 583 g/mol. The highest BCUT2D eigenvalue weighted by Crippen LogP contribution is 2.27. The van der Waals surface area contributed by atoms with Gasteiger partial charge in [-0.15, -0.1) is 11.3 Å². The van der Waals surface area contributed by atoms with Gasteiger partial charge in [-0.05, 0) is 74.2 Å². The van der Waals surface area contributed by atoms with Crippen LogP contribution in [-0.2, 0) is 13.0 Å². The Bertz CT molecular complexity index is 1280. The lowest BCUT2D eigenvalue weighted by Gasteiger charge is -2.42. The van der Waals surface area contributed by atoms with E-state index in [2.05, 4.69) is 42.9 Å². The molecule has 7 nitrogen and oxygen atoms in total. The normalized spacial score (nSPS) is 22.2. The third-order valence-electron chi connectivity index (χ3n) is 7.96. The molecule has 2 aromatic heterocycles. The number of halogens is 1. The number of urea groups is 1. The van der Waals surface area contributed by atoms with Crippen molar-refractivity contribution in [3.8, 4) is 0 Å². The summed E-state index contributed by atoms with van der Waals surface area (Å²) in [5.74, 6) is 0.601. The molecule has 3 aromatic rings. The van der Waals surface area contributed by atoms with Crippen molar-refractivity contribution in [1.82, 2.24) is 20.1 Å². The molecule has 0 spiro atoms. The van der Waals surface area contributed by atoms with Crippen molar-refractivity contribution in [3.63, 3.8) is 0 Å². The first-order valence-corrected chi connectivity index (χ1v) is 15.8. The van der Waals surface area contributed by atoms with Crippen LogP contribution < -0.4 is 10.6 Å². The zero-order valence-corrected chi connectivity index (χ0v) is 24.8. The van der Waals surface area contributed by atoms with Crippen LogP contribution in [0.1, 0.15) is 52.0 Å². The van der Waals surface area contributed by atoms with E-state index in [1.165, 1.54) is 35.1 Å². The molecule has 4 heterocycles. The Balaban J connectivity index is 1.22. The van der Waals surface area contributed by atoms with E-state index in [1.54, 1.807) is 30.4 Å².